The van der Waals surface area contributed by atoms with E-state index in [1.807, 2.05) is 19.1 Å². The van der Waals surface area contributed by atoms with Crippen LogP contribution in [-0.2, 0) is 0 Å². The van der Waals surface area contributed by atoms with Gasteiger partial charge < -0.3 is 5.11 Å². The topological polar surface area (TPSA) is 55.1 Å². The average molecular weight is 315 g/mol. The van der Waals surface area contributed by atoms with E-state index in [1.165, 1.54) is 0 Å². The molecule has 0 saturated heterocycles. The number of alkyl halides is 2. The van der Waals surface area contributed by atoms with Crippen molar-refractivity contribution in [3.05, 3.63) is 45.2 Å². The molecule has 0 amide bonds. The number of halogens is 3. The van der Waals surface area contributed by atoms with Gasteiger partial charge in [-0.3, -0.25) is 0 Å². The van der Waals surface area contributed by atoms with Crippen LogP contribution in [0.1, 0.15) is 39.2 Å². The van der Waals surface area contributed by atoms with Gasteiger partial charge >= 0.3 is 5.97 Å². The lowest BCUT2D eigenvalue weighted by atomic mass is 10.1. The summed E-state index contributed by atoms with van der Waals surface area (Å²) in [6.07, 6.45) is -3.01. The SMILES string of the molecule is Cc1cc(C)c(-n2nc(C(F)F)c(C(=O)O)c2Cl)c(C)c1. The molecule has 0 unspecified atom stereocenters. The van der Waals surface area contributed by atoms with Crippen LogP contribution < -0.4 is 0 Å². The van der Waals surface area contributed by atoms with Gasteiger partial charge in [0.15, 0.2) is 0 Å². The highest BCUT2D eigenvalue weighted by Gasteiger charge is 2.29. The molecule has 21 heavy (non-hydrogen) atoms. The maximum Gasteiger partial charge on any atom is 0.341 e. The van der Waals surface area contributed by atoms with Crippen LogP contribution in [0.4, 0.5) is 8.78 Å². The zero-order chi connectivity index (χ0) is 15.9. The molecule has 7 heteroatoms. The minimum absolute atomic E-state index is 0.326. The second-order valence-corrected chi connectivity index (χ2v) is 5.17. The highest BCUT2D eigenvalue weighted by Crippen LogP contribution is 2.32. The van der Waals surface area contributed by atoms with E-state index in [0.717, 1.165) is 21.4 Å². The molecule has 0 saturated carbocycles. The van der Waals surface area contributed by atoms with Crippen molar-refractivity contribution < 1.29 is 18.7 Å². The Morgan fingerprint density at radius 2 is 1.81 bits per heavy atom. The quantitative estimate of drug-likeness (QED) is 0.928. The fourth-order valence-corrected chi connectivity index (χ4v) is 2.72. The van der Waals surface area contributed by atoms with Crippen molar-refractivity contribution in [3.8, 4) is 5.69 Å². The Morgan fingerprint density at radius 3 is 2.19 bits per heavy atom. The molecule has 0 spiro atoms. The van der Waals surface area contributed by atoms with Gasteiger partial charge in [-0.25, -0.2) is 18.3 Å². The first kappa shape index (κ1) is 15.4. The summed E-state index contributed by atoms with van der Waals surface area (Å²) in [4.78, 5) is 11.1. The fourth-order valence-electron chi connectivity index (χ4n) is 2.42. The van der Waals surface area contributed by atoms with Gasteiger partial charge in [0, 0.05) is 0 Å². The van der Waals surface area contributed by atoms with Crippen molar-refractivity contribution >= 4 is 17.6 Å². The molecule has 112 valence electrons. The molecule has 2 rings (SSSR count). The number of benzene rings is 1. The average Bonchev–Trinajstić information content (AvgIpc) is 2.66. The third kappa shape index (κ3) is 2.63. The molecular formula is C14H13ClF2N2O2. The molecule has 1 aromatic carbocycles. The van der Waals surface area contributed by atoms with E-state index in [9.17, 15) is 13.6 Å². The van der Waals surface area contributed by atoms with Crippen molar-refractivity contribution in [3.63, 3.8) is 0 Å². The summed E-state index contributed by atoms with van der Waals surface area (Å²) < 4.78 is 27.0. The minimum Gasteiger partial charge on any atom is -0.478 e. The lowest BCUT2D eigenvalue weighted by Crippen LogP contribution is -2.04. The van der Waals surface area contributed by atoms with Crippen LogP contribution in [-0.4, -0.2) is 20.9 Å². The van der Waals surface area contributed by atoms with E-state index in [-0.39, 0.29) is 5.15 Å². The standard InChI is InChI=1S/C14H13ClF2N2O2/c1-6-4-7(2)11(8(3)5-6)19-12(15)9(14(20)21)10(18-19)13(16)17/h4-5,13H,1-3H3,(H,20,21). The second-order valence-electron chi connectivity index (χ2n) is 4.82. The smallest absolute Gasteiger partial charge is 0.341 e. The second kappa shape index (κ2) is 5.44. The first-order valence-electron chi connectivity index (χ1n) is 6.12. The summed E-state index contributed by atoms with van der Waals surface area (Å²) in [6, 6.07) is 3.70. The zero-order valence-electron chi connectivity index (χ0n) is 11.6. The number of hydrogen-bond acceptors (Lipinski definition) is 2. The number of carboxylic acid groups (broad SMARTS) is 1. The highest BCUT2D eigenvalue weighted by atomic mass is 35.5. The summed E-state index contributed by atoms with van der Waals surface area (Å²) >= 11 is 5.97. The summed E-state index contributed by atoms with van der Waals surface area (Å²) in [5, 5.41) is 12.4. The first-order chi connectivity index (χ1) is 9.73. The lowest BCUT2D eigenvalue weighted by molar-refractivity contribution is 0.0684. The molecule has 0 aliphatic rings. The highest BCUT2D eigenvalue weighted by molar-refractivity contribution is 6.33. The normalized spacial score (nSPS) is 11.2. The van der Waals surface area contributed by atoms with E-state index < -0.39 is 23.7 Å². The van der Waals surface area contributed by atoms with Crippen molar-refractivity contribution in [2.24, 2.45) is 0 Å². The molecule has 0 bridgehead atoms. The van der Waals surface area contributed by atoms with Crippen molar-refractivity contribution in [2.75, 3.05) is 0 Å². The molecule has 0 aliphatic carbocycles. The van der Waals surface area contributed by atoms with Crippen LogP contribution in [0.25, 0.3) is 5.69 Å². The van der Waals surface area contributed by atoms with Gasteiger partial charge in [0.2, 0.25) is 0 Å². The van der Waals surface area contributed by atoms with Crippen LogP contribution in [0.3, 0.4) is 0 Å². The molecular weight excluding hydrogens is 302 g/mol. The Labute approximate surface area is 125 Å². The molecule has 4 nitrogen and oxygen atoms in total. The number of aromatic carboxylic acids is 1. The number of aromatic nitrogens is 2. The number of nitrogens with zero attached hydrogens (tertiary/aromatic N) is 2. The van der Waals surface area contributed by atoms with Gasteiger partial charge in [-0.05, 0) is 31.9 Å². The van der Waals surface area contributed by atoms with Gasteiger partial charge in [0.05, 0.1) is 5.69 Å². The van der Waals surface area contributed by atoms with Gasteiger partial charge in [-0.2, -0.15) is 5.10 Å². The fraction of sp³-hybridized carbons (Fsp3) is 0.286. The number of aryl methyl sites for hydroxylation is 3. The van der Waals surface area contributed by atoms with E-state index in [0.29, 0.717) is 5.69 Å². The maximum atomic E-state index is 13.0. The predicted molar refractivity (Wildman–Crippen MR) is 74.7 cm³/mol. The number of carbonyl (C=O) groups is 1. The Balaban J connectivity index is 2.77. The summed E-state index contributed by atoms with van der Waals surface area (Å²) in [7, 11) is 0. The molecule has 1 heterocycles. The summed E-state index contributed by atoms with van der Waals surface area (Å²) in [5.74, 6) is -1.52. The Hall–Kier alpha value is -1.95. The Bertz CT molecular complexity index is 703. The predicted octanol–water partition coefficient (Wildman–Crippen LogP) is 4.09. The monoisotopic (exact) mass is 314 g/mol. The van der Waals surface area contributed by atoms with Crippen LogP contribution in [0.5, 0.6) is 0 Å². The zero-order valence-corrected chi connectivity index (χ0v) is 12.4. The van der Waals surface area contributed by atoms with Crippen molar-refractivity contribution in [1.29, 1.82) is 0 Å². The minimum atomic E-state index is -3.01. The van der Waals surface area contributed by atoms with Gasteiger partial charge in [-0.1, -0.05) is 29.3 Å². The first-order valence-corrected chi connectivity index (χ1v) is 6.50. The summed E-state index contributed by atoms with van der Waals surface area (Å²) in [5.41, 5.74) is 1.58. The molecule has 0 aliphatic heterocycles. The molecule has 2 aromatic rings. The lowest BCUT2D eigenvalue weighted by Gasteiger charge is -2.12. The van der Waals surface area contributed by atoms with Crippen LogP contribution in [0.15, 0.2) is 12.1 Å². The van der Waals surface area contributed by atoms with Crippen molar-refractivity contribution in [1.82, 2.24) is 9.78 Å². The third-order valence-electron chi connectivity index (χ3n) is 3.12. The van der Waals surface area contributed by atoms with Gasteiger partial charge in [0.1, 0.15) is 16.4 Å². The Morgan fingerprint density at radius 1 is 1.29 bits per heavy atom. The largest absolute Gasteiger partial charge is 0.478 e. The van der Waals surface area contributed by atoms with Gasteiger partial charge in [0.25, 0.3) is 6.43 Å². The van der Waals surface area contributed by atoms with Crippen LogP contribution in [0.2, 0.25) is 5.15 Å². The van der Waals surface area contributed by atoms with Gasteiger partial charge in [-0.15, -0.1) is 0 Å². The molecule has 0 fully saturated rings. The van der Waals surface area contributed by atoms with Crippen LogP contribution >= 0.6 is 11.6 Å². The van der Waals surface area contributed by atoms with E-state index in [2.05, 4.69) is 5.10 Å². The number of hydrogen-bond donors (Lipinski definition) is 1. The third-order valence-corrected chi connectivity index (χ3v) is 3.47. The Kier molecular flexibility index (Phi) is 4.00. The number of rotatable bonds is 3. The molecule has 0 radical (unpaired) electrons. The van der Waals surface area contributed by atoms with E-state index in [4.69, 9.17) is 16.7 Å². The molecule has 0 atom stereocenters. The summed E-state index contributed by atoms with van der Waals surface area (Å²) in [6.45, 7) is 5.48. The van der Waals surface area contributed by atoms with Crippen LogP contribution in [0, 0.1) is 20.8 Å². The van der Waals surface area contributed by atoms with E-state index >= 15 is 0 Å². The molecule has 1 aromatic heterocycles. The maximum absolute atomic E-state index is 13.0. The molecule has 1 N–H and O–H groups in total. The van der Waals surface area contributed by atoms with Crippen molar-refractivity contribution in [2.45, 2.75) is 27.2 Å². The number of carboxylic acids is 1. The van der Waals surface area contributed by atoms with E-state index in [1.54, 1.807) is 13.8 Å².